The van der Waals surface area contributed by atoms with Crippen molar-refractivity contribution in [2.75, 3.05) is 4.90 Å². The Morgan fingerprint density at radius 1 is 0.919 bits per heavy atom. The van der Waals surface area contributed by atoms with Crippen molar-refractivity contribution in [1.82, 2.24) is 10.4 Å². The minimum Gasteiger partial charge on any atom is -0.274 e. The van der Waals surface area contributed by atoms with E-state index in [4.69, 9.17) is 12.2 Å². The maximum Gasteiger partial charge on any atom is 0.286 e. The van der Waals surface area contributed by atoms with E-state index in [9.17, 15) is 19.2 Å². The Labute approximate surface area is 230 Å². The van der Waals surface area contributed by atoms with Crippen molar-refractivity contribution in [1.29, 1.82) is 0 Å². The van der Waals surface area contributed by atoms with Gasteiger partial charge in [0.15, 0.2) is 4.32 Å². The molecule has 4 amide bonds. The number of nitrogens with one attached hydrogen (secondary N) is 1. The van der Waals surface area contributed by atoms with Crippen LogP contribution in [0.5, 0.6) is 0 Å². The summed E-state index contributed by atoms with van der Waals surface area (Å²) in [7, 11) is 0. The molecule has 0 atom stereocenters. The quantitative estimate of drug-likeness (QED) is 0.347. The third kappa shape index (κ3) is 4.52. The molecule has 7 nitrogen and oxygen atoms in total. The number of imide groups is 1. The number of fused-ring (bicyclic) bond motifs is 1. The van der Waals surface area contributed by atoms with Crippen LogP contribution in [0, 0.1) is 0 Å². The van der Waals surface area contributed by atoms with Gasteiger partial charge in [-0.1, -0.05) is 88.4 Å². The highest BCUT2D eigenvalue weighted by atomic mass is 79.9. The van der Waals surface area contributed by atoms with Crippen LogP contribution in [-0.2, 0) is 19.2 Å². The summed E-state index contributed by atoms with van der Waals surface area (Å²) in [6, 6.07) is 23.5. The second-order valence-corrected chi connectivity index (χ2v) is 10.8. The Balaban J connectivity index is 1.51. The van der Waals surface area contributed by atoms with E-state index in [0.717, 1.165) is 32.8 Å². The number of hydrazine groups is 1. The second-order valence-electron chi connectivity index (χ2n) is 8.26. The molecule has 0 unspecified atom stereocenters. The maximum absolute atomic E-state index is 13.6. The van der Waals surface area contributed by atoms with Crippen LogP contribution in [0.1, 0.15) is 29.5 Å². The number of anilines is 1. The number of carbonyl (C=O) groups is 4. The summed E-state index contributed by atoms with van der Waals surface area (Å²) in [4.78, 5) is 53.7. The van der Waals surface area contributed by atoms with E-state index in [1.807, 2.05) is 60.7 Å². The first-order valence-corrected chi connectivity index (χ1v) is 13.2. The van der Waals surface area contributed by atoms with E-state index < -0.39 is 29.5 Å². The minimum absolute atomic E-state index is 0.0503. The molecule has 0 aliphatic carbocycles. The minimum atomic E-state index is -0.697. The fourth-order valence-corrected chi connectivity index (χ4v) is 5.96. The highest BCUT2D eigenvalue weighted by Crippen LogP contribution is 2.45. The van der Waals surface area contributed by atoms with Crippen molar-refractivity contribution in [3.63, 3.8) is 0 Å². The summed E-state index contributed by atoms with van der Waals surface area (Å²) >= 11 is 9.73. The lowest BCUT2D eigenvalue weighted by molar-refractivity contribution is -0.133. The van der Waals surface area contributed by atoms with Crippen LogP contribution >= 0.6 is 39.9 Å². The fourth-order valence-electron chi connectivity index (χ4n) is 4.35. The summed E-state index contributed by atoms with van der Waals surface area (Å²) in [5.74, 6) is -2.87. The van der Waals surface area contributed by atoms with E-state index in [-0.39, 0.29) is 14.8 Å². The molecule has 2 aliphatic rings. The van der Waals surface area contributed by atoms with Gasteiger partial charge in [0.05, 0.1) is 22.1 Å². The molecule has 0 aromatic heterocycles. The van der Waals surface area contributed by atoms with Crippen molar-refractivity contribution >= 4 is 79.1 Å². The van der Waals surface area contributed by atoms with Crippen LogP contribution in [0.4, 0.5) is 5.69 Å². The Bertz CT molecular complexity index is 1470. The number of benzene rings is 3. The summed E-state index contributed by atoms with van der Waals surface area (Å²) < 4.78 is 0.755. The lowest BCUT2D eigenvalue weighted by Crippen LogP contribution is -2.47. The Hall–Kier alpha value is -3.60. The summed E-state index contributed by atoms with van der Waals surface area (Å²) in [5.41, 5.74) is 5.05. The lowest BCUT2D eigenvalue weighted by atomic mass is 9.91. The lowest BCUT2D eigenvalue weighted by Gasteiger charge is -2.22. The van der Waals surface area contributed by atoms with Crippen LogP contribution < -0.4 is 10.3 Å². The molecule has 3 aromatic rings. The van der Waals surface area contributed by atoms with Gasteiger partial charge in [-0.05, 0) is 41.5 Å². The first kappa shape index (κ1) is 25.1. The van der Waals surface area contributed by atoms with Gasteiger partial charge in [-0.15, -0.1) is 0 Å². The zero-order valence-corrected chi connectivity index (χ0v) is 22.5. The first-order chi connectivity index (χ1) is 17.8. The van der Waals surface area contributed by atoms with Crippen molar-refractivity contribution in [2.24, 2.45) is 0 Å². The zero-order valence-electron chi connectivity index (χ0n) is 19.3. The number of hydrogen-bond donors (Lipinski definition) is 1. The Kier molecular flexibility index (Phi) is 6.80. The molecule has 37 heavy (non-hydrogen) atoms. The van der Waals surface area contributed by atoms with Gasteiger partial charge >= 0.3 is 0 Å². The predicted octanol–water partition coefficient (Wildman–Crippen LogP) is 4.78. The molecule has 184 valence electrons. The first-order valence-electron chi connectivity index (χ1n) is 11.1. The third-order valence-electron chi connectivity index (χ3n) is 5.95. The Morgan fingerprint density at radius 2 is 1.51 bits per heavy atom. The van der Waals surface area contributed by atoms with Crippen LogP contribution in [0.3, 0.4) is 0 Å². The molecule has 0 radical (unpaired) electrons. The smallest absolute Gasteiger partial charge is 0.274 e. The topological polar surface area (TPSA) is 86.8 Å². The molecule has 2 heterocycles. The number of nitrogens with zero attached hydrogens (tertiary/aromatic N) is 2. The number of thiocarbonyl (C=S) groups is 1. The molecule has 10 heteroatoms. The summed E-state index contributed by atoms with van der Waals surface area (Å²) in [5, 5.41) is 0.991. The van der Waals surface area contributed by atoms with E-state index in [1.54, 1.807) is 18.2 Å². The average molecular weight is 592 g/mol. The molecular weight excluding hydrogens is 574 g/mol. The van der Waals surface area contributed by atoms with E-state index in [1.165, 1.54) is 6.92 Å². The van der Waals surface area contributed by atoms with Crippen LogP contribution in [0.2, 0.25) is 0 Å². The SMILES string of the molecule is CC(=O)N1C(=O)C(=C2SC(=S)N(NC(=O)C(c3ccccc3)c3ccccc3)C2=O)c2cc(Br)ccc21. The number of rotatable bonds is 4. The average Bonchev–Trinajstić information content (AvgIpc) is 3.32. The highest BCUT2D eigenvalue weighted by molar-refractivity contribution is 9.10. The molecule has 2 aliphatic heterocycles. The predicted molar refractivity (Wildman–Crippen MR) is 149 cm³/mol. The van der Waals surface area contributed by atoms with Crippen LogP contribution in [-0.4, -0.2) is 33.0 Å². The van der Waals surface area contributed by atoms with Gasteiger partial charge < -0.3 is 0 Å². The molecule has 0 spiro atoms. The van der Waals surface area contributed by atoms with Gasteiger partial charge in [0.25, 0.3) is 17.7 Å². The van der Waals surface area contributed by atoms with Crippen LogP contribution in [0.15, 0.2) is 88.2 Å². The van der Waals surface area contributed by atoms with Gasteiger partial charge in [-0.3, -0.25) is 24.6 Å². The summed E-state index contributed by atoms with van der Waals surface area (Å²) in [6.45, 7) is 1.28. The van der Waals surface area contributed by atoms with Crippen LogP contribution in [0.25, 0.3) is 5.57 Å². The standard InChI is InChI=1S/C27H18BrN3O4S2/c1-15(32)30-20-13-12-18(28)14-19(20)22(25(30)34)23-26(35)31(27(36)37-23)29-24(33)21(16-8-4-2-5-9-16)17-10-6-3-7-11-17/h2-14,21H,1H3,(H,29,33). The van der Waals surface area contributed by atoms with Gasteiger partial charge in [0.1, 0.15) is 0 Å². The second kappa shape index (κ2) is 10.0. The number of halogens is 1. The summed E-state index contributed by atoms with van der Waals surface area (Å²) in [6.07, 6.45) is 0. The molecule has 5 rings (SSSR count). The van der Waals surface area contributed by atoms with Crippen molar-refractivity contribution < 1.29 is 19.2 Å². The van der Waals surface area contributed by atoms with E-state index >= 15 is 0 Å². The van der Waals surface area contributed by atoms with Crippen molar-refractivity contribution in [3.05, 3.63) is 105 Å². The monoisotopic (exact) mass is 591 g/mol. The van der Waals surface area contributed by atoms with Crippen molar-refractivity contribution in [3.8, 4) is 0 Å². The van der Waals surface area contributed by atoms with Gasteiger partial charge in [-0.2, -0.15) is 5.01 Å². The molecule has 1 N–H and O–H groups in total. The van der Waals surface area contributed by atoms with Crippen molar-refractivity contribution in [2.45, 2.75) is 12.8 Å². The van der Waals surface area contributed by atoms with Gasteiger partial charge in [-0.25, -0.2) is 4.90 Å². The number of hydrogen-bond acceptors (Lipinski definition) is 6. The molecule has 3 aromatic carbocycles. The normalized spacial score (nSPS) is 17.0. The Morgan fingerprint density at radius 3 is 2.08 bits per heavy atom. The highest BCUT2D eigenvalue weighted by Gasteiger charge is 2.44. The zero-order chi connectivity index (χ0) is 26.3. The van der Waals surface area contributed by atoms with E-state index in [0.29, 0.717) is 15.7 Å². The number of amides is 4. The molecule has 0 saturated carbocycles. The molecule has 1 fully saturated rings. The molecular formula is C27H18BrN3O4S2. The van der Waals surface area contributed by atoms with Gasteiger partial charge in [0.2, 0.25) is 5.91 Å². The maximum atomic E-state index is 13.6. The fraction of sp³-hybridized carbons (Fsp3) is 0.0741. The largest absolute Gasteiger partial charge is 0.286 e. The third-order valence-corrected chi connectivity index (χ3v) is 7.81. The molecule has 0 bridgehead atoms. The number of carbonyl (C=O) groups excluding carboxylic acids is 4. The van der Waals surface area contributed by atoms with E-state index in [2.05, 4.69) is 21.4 Å². The van der Waals surface area contributed by atoms with Gasteiger partial charge in [0, 0.05) is 17.0 Å². The molecule has 1 saturated heterocycles. The number of thioether (sulfide) groups is 1.